The maximum atomic E-state index is 12.3. The van der Waals surface area contributed by atoms with Crippen LogP contribution in [-0.2, 0) is 9.59 Å². The van der Waals surface area contributed by atoms with E-state index in [-0.39, 0.29) is 17.7 Å². The fraction of sp³-hybridized carbons (Fsp3) is 0.471. The number of rotatable bonds is 6. The summed E-state index contributed by atoms with van der Waals surface area (Å²) in [5, 5.41) is 0. The molecule has 1 aliphatic heterocycles. The van der Waals surface area contributed by atoms with Crippen LogP contribution in [0.1, 0.15) is 25.7 Å². The number of aromatic nitrogens is 1. The van der Waals surface area contributed by atoms with Gasteiger partial charge in [-0.15, -0.1) is 11.3 Å². The van der Waals surface area contributed by atoms with Crippen molar-refractivity contribution in [1.29, 1.82) is 0 Å². The summed E-state index contributed by atoms with van der Waals surface area (Å²) in [6, 6.07) is 8.11. The van der Waals surface area contributed by atoms with Gasteiger partial charge in [-0.1, -0.05) is 23.9 Å². The van der Waals surface area contributed by atoms with Gasteiger partial charge < -0.3 is 10.6 Å². The second kappa shape index (κ2) is 7.98. The zero-order valence-corrected chi connectivity index (χ0v) is 15.1. The van der Waals surface area contributed by atoms with Gasteiger partial charge in [0.05, 0.1) is 16.1 Å². The summed E-state index contributed by atoms with van der Waals surface area (Å²) in [5.41, 5.74) is 6.40. The number of thiazole rings is 1. The molecule has 2 heterocycles. The van der Waals surface area contributed by atoms with E-state index in [2.05, 4.69) is 11.1 Å². The third-order valence-corrected chi connectivity index (χ3v) is 6.48. The molecule has 7 heteroatoms. The monoisotopic (exact) mass is 363 g/mol. The number of para-hydroxylation sites is 1. The van der Waals surface area contributed by atoms with Gasteiger partial charge in [0.1, 0.15) is 0 Å². The first-order valence-electron chi connectivity index (χ1n) is 8.19. The summed E-state index contributed by atoms with van der Waals surface area (Å²) in [6.45, 7) is 1.23. The highest BCUT2D eigenvalue weighted by Crippen LogP contribution is 2.29. The van der Waals surface area contributed by atoms with Gasteiger partial charge in [0.2, 0.25) is 11.8 Å². The van der Waals surface area contributed by atoms with Crippen molar-refractivity contribution >= 4 is 45.1 Å². The molecular formula is C17H21N3O2S2. The number of carbonyl (C=O) groups is 2. The largest absolute Gasteiger partial charge is 0.369 e. The van der Waals surface area contributed by atoms with Gasteiger partial charge >= 0.3 is 0 Å². The topological polar surface area (TPSA) is 76.3 Å². The van der Waals surface area contributed by atoms with Gasteiger partial charge in [-0.05, 0) is 31.4 Å². The van der Waals surface area contributed by atoms with Gasteiger partial charge in [0.25, 0.3) is 0 Å². The quantitative estimate of drug-likeness (QED) is 0.632. The van der Waals surface area contributed by atoms with Crippen LogP contribution in [-0.4, -0.2) is 40.5 Å². The van der Waals surface area contributed by atoms with Crippen molar-refractivity contribution in [3.63, 3.8) is 0 Å². The van der Waals surface area contributed by atoms with Gasteiger partial charge in [0, 0.05) is 25.3 Å². The van der Waals surface area contributed by atoms with E-state index >= 15 is 0 Å². The van der Waals surface area contributed by atoms with Crippen molar-refractivity contribution in [1.82, 2.24) is 9.88 Å². The van der Waals surface area contributed by atoms with Crippen LogP contribution in [0, 0.1) is 5.92 Å². The smallest absolute Gasteiger partial charge is 0.222 e. The Bertz CT molecular complexity index is 698. The fourth-order valence-corrected chi connectivity index (χ4v) is 4.97. The number of amides is 2. The number of fused-ring (bicyclic) bond motifs is 1. The Morgan fingerprint density at radius 2 is 2.21 bits per heavy atom. The van der Waals surface area contributed by atoms with E-state index in [0.717, 1.165) is 41.4 Å². The molecule has 0 spiro atoms. The highest BCUT2D eigenvalue weighted by Gasteiger charge is 2.26. The van der Waals surface area contributed by atoms with Crippen molar-refractivity contribution < 1.29 is 9.59 Å². The number of primary amides is 1. The molecular weight excluding hydrogens is 342 g/mol. The lowest BCUT2D eigenvalue weighted by molar-refractivity contribution is -0.134. The molecule has 0 bridgehead atoms. The number of nitrogens with two attached hydrogens (primary N) is 1. The average molecular weight is 364 g/mol. The van der Waals surface area contributed by atoms with Crippen LogP contribution in [0.15, 0.2) is 28.6 Å². The molecule has 1 atom stereocenters. The number of hydrogen-bond acceptors (Lipinski definition) is 5. The molecule has 1 aliphatic rings. The number of hydrogen-bond donors (Lipinski definition) is 1. The average Bonchev–Trinajstić information content (AvgIpc) is 3.01. The van der Waals surface area contributed by atoms with E-state index in [1.165, 1.54) is 4.70 Å². The van der Waals surface area contributed by atoms with Crippen molar-refractivity contribution in [3.05, 3.63) is 24.3 Å². The molecule has 5 nitrogen and oxygen atoms in total. The molecule has 0 unspecified atom stereocenters. The number of nitrogens with zero attached hydrogens (tertiary/aromatic N) is 2. The number of likely N-dealkylation sites (tertiary alicyclic amines) is 1. The van der Waals surface area contributed by atoms with Crippen molar-refractivity contribution in [2.24, 2.45) is 11.7 Å². The second-order valence-electron chi connectivity index (χ2n) is 5.98. The molecule has 0 radical (unpaired) electrons. The van der Waals surface area contributed by atoms with Crippen molar-refractivity contribution in [3.8, 4) is 0 Å². The molecule has 2 N–H and O–H groups in total. The molecule has 1 fully saturated rings. The lowest BCUT2D eigenvalue weighted by Gasteiger charge is -2.31. The zero-order valence-electron chi connectivity index (χ0n) is 13.4. The highest BCUT2D eigenvalue weighted by atomic mass is 32.2. The lowest BCUT2D eigenvalue weighted by Crippen LogP contribution is -2.44. The molecule has 1 saturated heterocycles. The first kappa shape index (κ1) is 17.2. The third-order valence-electron chi connectivity index (χ3n) is 4.21. The highest BCUT2D eigenvalue weighted by molar-refractivity contribution is 8.01. The molecule has 2 aromatic rings. The van der Waals surface area contributed by atoms with Gasteiger partial charge in [-0.25, -0.2) is 4.98 Å². The molecule has 24 heavy (non-hydrogen) atoms. The standard InChI is InChI=1S/C17H21N3O2S2/c18-16(22)12-5-3-9-20(11-12)15(21)8-4-10-23-17-19-13-6-1-2-7-14(13)24-17/h1-2,6-7,12H,3-5,8-11H2,(H2,18,22)/t12-/m0/s1. The van der Waals surface area contributed by atoms with E-state index in [9.17, 15) is 9.59 Å². The van der Waals surface area contributed by atoms with Crippen molar-refractivity contribution in [2.45, 2.75) is 30.0 Å². The zero-order chi connectivity index (χ0) is 16.9. The van der Waals surface area contributed by atoms with Gasteiger partial charge in [0.15, 0.2) is 4.34 Å². The maximum absolute atomic E-state index is 12.3. The van der Waals surface area contributed by atoms with Crippen LogP contribution in [0.2, 0.25) is 0 Å². The Morgan fingerprint density at radius 3 is 3.00 bits per heavy atom. The Morgan fingerprint density at radius 1 is 1.38 bits per heavy atom. The summed E-state index contributed by atoms with van der Waals surface area (Å²) in [7, 11) is 0. The van der Waals surface area contributed by atoms with Gasteiger partial charge in [-0.3, -0.25) is 9.59 Å². The summed E-state index contributed by atoms with van der Waals surface area (Å²) < 4.78 is 2.25. The number of thioether (sulfide) groups is 1. The Labute approximate surface area is 149 Å². The fourth-order valence-electron chi connectivity index (χ4n) is 2.89. The number of piperidine rings is 1. The van der Waals surface area contributed by atoms with E-state index in [0.29, 0.717) is 13.0 Å². The SMILES string of the molecule is NC(=O)[C@H]1CCCN(C(=O)CCCSc2nc3ccccc3s2)C1. The summed E-state index contributed by atoms with van der Waals surface area (Å²) in [4.78, 5) is 29.9. The van der Waals surface area contributed by atoms with E-state index in [4.69, 9.17) is 5.73 Å². The Balaban J connectivity index is 1.42. The van der Waals surface area contributed by atoms with Crippen LogP contribution in [0.4, 0.5) is 0 Å². The molecule has 1 aromatic carbocycles. The van der Waals surface area contributed by atoms with Crippen LogP contribution >= 0.6 is 23.1 Å². The predicted octanol–water partition coefficient (Wildman–Crippen LogP) is 2.89. The summed E-state index contributed by atoms with van der Waals surface area (Å²) in [5.74, 6) is 0.531. The van der Waals surface area contributed by atoms with Crippen LogP contribution in [0.5, 0.6) is 0 Å². The van der Waals surface area contributed by atoms with Gasteiger partial charge in [-0.2, -0.15) is 0 Å². The third kappa shape index (κ3) is 4.27. The lowest BCUT2D eigenvalue weighted by atomic mass is 9.97. The van der Waals surface area contributed by atoms with E-state index < -0.39 is 0 Å². The molecule has 1 aromatic heterocycles. The Hall–Kier alpha value is -1.60. The first-order chi connectivity index (χ1) is 11.6. The number of carbonyl (C=O) groups excluding carboxylic acids is 2. The number of benzene rings is 1. The van der Waals surface area contributed by atoms with E-state index in [1.54, 1.807) is 28.0 Å². The molecule has 2 amide bonds. The summed E-state index contributed by atoms with van der Waals surface area (Å²) >= 11 is 3.40. The van der Waals surface area contributed by atoms with E-state index in [1.807, 2.05) is 18.2 Å². The molecule has 3 rings (SSSR count). The normalized spacial score (nSPS) is 18.0. The first-order valence-corrected chi connectivity index (χ1v) is 9.99. The minimum atomic E-state index is -0.293. The van der Waals surface area contributed by atoms with Crippen LogP contribution in [0.25, 0.3) is 10.2 Å². The minimum Gasteiger partial charge on any atom is -0.369 e. The van der Waals surface area contributed by atoms with Crippen molar-refractivity contribution in [2.75, 3.05) is 18.8 Å². The Kier molecular flexibility index (Phi) is 5.73. The molecule has 128 valence electrons. The van der Waals surface area contributed by atoms with Crippen LogP contribution < -0.4 is 5.73 Å². The molecule has 0 saturated carbocycles. The summed E-state index contributed by atoms with van der Waals surface area (Å²) in [6.07, 6.45) is 2.99. The predicted molar refractivity (Wildman–Crippen MR) is 98.1 cm³/mol. The maximum Gasteiger partial charge on any atom is 0.222 e. The molecule has 0 aliphatic carbocycles. The minimum absolute atomic E-state index is 0.130. The van der Waals surface area contributed by atoms with Crippen LogP contribution in [0.3, 0.4) is 0 Å². The second-order valence-corrected chi connectivity index (χ2v) is 8.35.